The number of fused-ring (bicyclic) bond motifs is 1. The number of carbonyl (C=O) groups excluding carboxylic acids is 10. The second kappa shape index (κ2) is 30.6. The van der Waals surface area contributed by atoms with Crippen LogP contribution in [0.4, 0.5) is 8.78 Å². The highest BCUT2D eigenvalue weighted by atomic mass is 19.2. The first-order valence-corrected chi connectivity index (χ1v) is 25.1. The Morgan fingerprint density at radius 1 is 0.718 bits per heavy atom. The molecule has 1 aliphatic heterocycles. The molecule has 1 unspecified atom stereocenters. The van der Waals surface area contributed by atoms with E-state index in [9.17, 15) is 56.7 Å². The average Bonchev–Trinajstić information content (AvgIpc) is 3.79. The van der Waals surface area contributed by atoms with Gasteiger partial charge >= 0.3 is 0 Å². The van der Waals surface area contributed by atoms with E-state index in [1.54, 1.807) is 30.5 Å². The molecule has 27 nitrogen and oxygen atoms in total. The Bertz CT molecular complexity index is 2690. The highest BCUT2D eigenvalue weighted by Crippen LogP contribution is 2.20. The van der Waals surface area contributed by atoms with E-state index in [1.165, 1.54) is 0 Å². The molecule has 7 atom stereocenters. The number of primary amides is 2. The maximum absolute atomic E-state index is 14.7. The van der Waals surface area contributed by atoms with Gasteiger partial charge in [0.1, 0.15) is 42.3 Å². The van der Waals surface area contributed by atoms with Gasteiger partial charge in [0.15, 0.2) is 23.6 Å². The minimum atomic E-state index is -1.79. The van der Waals surface area contributed by atoms with E-state index >= 15 is 0 Å². The van der Waals surface area contributed by atoms with Gasteiger partial charge in [-0.15, -0.1) is 0 Å². The number of H-pyrrole nitrogens is 1. The van der Waals surface area contributed by atoms with Crippen LogP contribution in [0.2, 0.25) is 0 Å². The van der Waals surface area contributed by atoms with Crippen LogP contribution in [0.25, 0.3) is 10.9 Å². The molecule has 4 rings (SSSR count). The number of benzene rings is 2. The van der Waals surface area contributed by atoms with Gasteiger partial charge in [0, 0.05) is 62.9 Å². The zero-order valence-corrected chi connectivity index (χ0v) is 42.9. The lowest BCUT2D eigenvalue weighted by Crippen LogP contribution is -2.60. The zero-order chi connectivity index (χ0) is 57.5. The number of rotatable bonds is 19. The summed E-state index contributed by atoms with van der Waals surface area (Å²) in [5, 5.41) is 41.0. The second-order valence-corrected chi connectivity index (χ2v) is 18.6. The fourth-order valence-electron chi connectivity index (χ4n) is 8.33. The van der Waals surface area contributed by atoms with Gasteiger partial charge in [-0.1, -0.05) is 24.3 Å². The lowest BCUT2D eigenvalue weighted by molar-refractivity contribution is -0.136. The number of hydrogen-bond acceptors (Lipinski definition) is 12. The summed E-state index contributed by atoms with van der Waals surface area (Å²) in [6, 6.07) is -1.19. The maximum Gasteiger partial charge on any atom is 0.243 e. The standard InChI is InChI=1S/C49H69F2N17O10/c1-25(69)62-33(11-6-18-59-48(54)55)42(73)68-38-23-40(71)58-17-5-4-10-32(41(53)72)63-46(77)37(22-27-24-61-31-9-3-2-8-28(27)31)67-43(74)34(12-7-19-60-49(56)57)64-45(76)36(21-26-13-14-29(50)30(51)20-26)66-44(75)35(65-47(38)78)15-16-39(52)70/h2-3,8-9,13-14,20,24,32-38,61H,4-7,10-12,15-19,21-23H2,1H3,(H2,52,70)(H2,53,72)(H,58,71)(H,62,69)(H,63,77)(H,64,76)(H,65,78)(H,66,75)(H,67,74)(H,68,73)(H4,54,55,59)(H4,56,57,60)/t32?,33-,34+,35+,36-,37+,38+/m1/s1. The Balaban J connectivity index is 1.81. The van der Waals surface area contributed by atoms with Crippen molar-refractivity contribution >= 4 is 81.9 Å². The van der Waals surface area contributed by atoms with E-state index in [2.05, 4.69) is 58.2 Å². The molecule has 1 aromatic heterocycles. The van der Waals surface area contributed by atoms with Crippen LogP contribution < -0.4 is 76.1 Å². The average molecular weight is 1090 g/mol. The minimum absolute atomic E-state index is 0.0137. The fraction of sp³-hybridized carbons (Fsp3) is 0.469. The summed E-state index contributed by atoms with van der Waals surface area (Å²) in [4.78, 5) is 140. The number of carbonyl (C=O) groups is 10. The molecular weight excluding hydrogens is 1020 g/mol. The predicted octanol–water partition coefficient (Wildman–Crippen LogP) is -3.39. The highest BCUT2D eigenvalue weighted by Gasteiger charge is 2.35. The smallest absolute Gasteiger partial charge is 0.243 e. The first kappa shape index (κ1) is 61.6. The van der Waals surface area contributed by atoms with Crippen molar-refractivity contribution in [1.82, 2.24) is 58.2 Å². The molecule has 424 valence electrons. The van der Waals surface area contributed by atoms with E-state index in [-0.39, 0.29) is 82.5 Å². The van der Waals surface area contributed by atoms with Gasteiger partial charge in [-0.2, -0.15) is 0 Å². The summed E-state index contributed by atoms with van der Waals surface area (Å²) >= 11 is 0. The third-order valence-corrected chi connectivity index (χ3v) is 12.3. The number of nitrogens with two attached hydrogens (primary N) is 4. The third kappa shape index (κ3) is 20.7. The third-order valence-electron chi connectivity index (χ3n) is 12.3. The van der Waals surface area contributed by atoms with Crippen LogP contribution in [0.1, 0.15) is 82.3 Å². The molecule has 0 spiro atoms. The fourth-order valence-corrected chi connectivity index (χ4v) is 8.33. The quantitative estimate of drug-likeness (QED) is 0.0317. The number of para-hydroxylation sites is 1. The lowest BCUT2D eigenvalue weighted by Gasteiger charge is -2.28. The van der Waals surface area contributed by atoms with E-state index in [1.807, 2.05) is 0 Å². The van der Waals surface area contributed by atoms with Gasteiger partial charge in [0.25, 0.3) is 0 Å². The van der Waals surface area contributed by atoms with Crippen molar-refractivity contribution in [2.24, 2.45) is 22.9 Å². The van der Waals surface area contributed by atoms with Crippen LogP contribution in [0.5, 0.6) is 0 Å². The summed E-state index contributed by atoms with van der Waals surface area (Å²) in [7, 11) is 0. The SMILES string of the molecule is CC(=O)N[C@H](CCCNC(=N)N)C(=O)N[C@H]1CC(=O)NCCCCC(C(N)=O)NC(=O)[C@H](Cc2c[nH]c3ccccc23)NC(=O)[C@H](CCCNC(=N)N)NC(=O)[C@@H](Cc2ccc(F)c(F)c2)NC(=O)[C@H](CCC(N)=O)NC1=O. The molecule has 21 N–H and O–H groups in total. The van der Waals surface area contributed by atoms with Gasteiger partial charge in [-0.05, 0) is 80.7 Å². The topological polar surface area (TPSA) is 459 Å². The van der Waals surface area contributed by atoms with E-state index in [0.717, 1.165) is 25.1 Å². The van der Waals surface area contributed by atoms with Crippen LogP contribution in [-0.2, 0) is 60.8 Å². The molecule has 1 saturated heterocycles. The van der Waals surface area contributed by atoms with Gasteiger partial charge in [-0.25, -0.2) is 8.78 Å². The predicted molar refractivity (Wildman–Crippen MR) is 279 cm³/mol. The summed E-state index contributed by atoms with van der Waals surface area (Å²) in [5.41, 5.74) is 23.3. The summed E-state index contributed by atoms with van der Waals surface area (Å²) in [6.07, 6.45) is -0.676. The molecule has 1 fully saturated rings. The minimum Gasteiger partial charge on any atom is -0.370 e. The Morgan fingerprint density at radius 2 is 1.32 bits per heavy atom. The maximum atomic E-state index is 14.7. The van der Waals surface area contributed by atoms with Crippen molar-refractivity contribution in [2.45, 2.75) is 126 Å². The molecule has 10 amide bonds. The van der Waals surface area contributed by atoms with Crippen LogP contribution >= 0.6 is 0 Å². The second-order valence-electron chi connectivity index (χ2n) is 18.6. The molecule has 3 aromatic rings. The Hall–Kier alpha value is -8.92. The molecule has 0 aliphatic carbocycles. The molecule has 0 saturated carbocycles. The van der Waals surface area contributed by atoms with Crippen molar-refractivity contribution in [3.05, 3.63) is 71.4 Å². The summed E-state index contributed by atoms with van der Waals surface area (Å²) < 4.78 is 28.9. The van der Waals surface area contributed by atoms with Crippen molar-refractivity contribution < 1.29 is 56.7 Å². The number of guanidine groups is 2. The normalized spacial score (nSPS) is 20.7. The lowest BCUT2D eigenvalue weighted by atomic mass is 10.0. The number of aromatic nitrogens is 1. The number of aromatic amines is 1. The number of amides is 10. The highest BCUT2D eigenvalue weighted by molar-refractivity contribution is 5.99. The summed E-state index contributed by atoms with van der Waals surface area (Å²) in [5.74, 6) is -12.8. The largest absolute Gasteiger partial charge is 0.370 e. The van der Waals surface area contributed by atoms with Gasteiger partial charge in [0.05, 0.1) is 6.42 Å². The molecule has 29 heteroatoms. The van der Waals surface area contributed by atoms with Gasteiger partial charge in [-0.3, -0.25) is 58.8 Å². The summed E-state index contributed by atoms with van der Waals surface area (Å²) in [6.45, 7) is 1.19. The molecule has 0 bridgehead atoms. The molecule has 1 aliphatic rings. The van der Waals surface area contributed by atoms with Crippen molar-refractivity contribution in [1.29, 1.82) is 10.8 Å². The van der Waals surface area contributed by atoms with Crippen molar-refractivity contribution in [2.75, 3.05) is 19.6 Å². The van der Waals surface area contributed by atoms with Gasteiger partial charge < -0.3 is 81.1 Å². The van der Waals surface area contributed by atoms with E-state index < -0.39 is 145 Å². The number of nitrogens with one attached hydrogen (secondary N) is 13. The van der Waals surface area contributed by atoms with Crippen LogP contribution in [0.15, 0.2) is 48.7 Å². The zero-order valence-electron chi connectivity index (χ0n) is 42.9. The van der Waals surface area contributed by atoms with E-state index in [4.69, 9.17) is 33.8 Å². The van der Waals surface area contributed by atoms with Crippen LogP contribution in [-0.4, -0.2) is 138 Å². The molecular formula is C49H69F2N17O10. The molecule has 2 aromatic carbocycles. The Kier molecular flexibility index (Phi) is 24.2. The van der Waals surface area contributed by atoms with Crippen LogP contribution in [0, 0.1) is 22.5 Å². The van der Waals surface area contributed by atoms with Crippen LogP contribution in [0.3, 0.4) is 0 Å². The van der Waals surface area contributed by atoms with Crippen molar-refractivity contribution in [3.8, 4) is 0 Å². The number of halogens is 2. The molecule has 2 heterocycles. The molecule has 78 heavy (non-hydrogen) atoms. The number of hydrogen-bond donors (Lipinski definition) is 17. The molecule has 0 radical (unpaired) electrons. The Morgan fingerprint density at radius 3 is 1.96 bits per heavy atom. The first-order valence-electron chi connectivity index (χ1n) is 25.1. The van der Waals surface area contributed by atoms with E-state index in [0.29, 0.717) is 16.5 Å². The van der Waals surface area contributed by atoms with Gasteiger partial charge in [0.2, 0.25) is 59.1 Å². The monoisotopic (exact) mass is 1090 g/mol. The van der Waals surface area contributed by atoms with Crippen molar-refractivity contribution in [3.63, 3.8) is 0 Å². The Labute approximate surface area is 446 Å². The first-order chi connectivity index (χ1) is 37.0.